The van der Waals surface area contributed by atoms with Gasteiger partial charge in [-0.2, -0.15) is 0 Å². The summed E-state index contributed by atoms with van der Waals surface area (Å²) in [6.45, 7) is 8.36. The van der Waals surface area contributed by atoms with E-state index in [9.17, 15) is 19.2 Å². The average Bonchev–Trinajstić information content (AvgIpc) is 3.57. The number of carbonyl (C=O) groups excluding carboxylic acids is 3. The van der Waals surface area contributed by atoms with Crippen LogP contribution in [0.2, 0.25) is 0 Å². The van der Waals surface area contributed by atoms with Crippen LogP contribution in [0, 0.1) is 16.7 Å². The van der Waals surface area contributed by atoms with E-state index in [-0.39, 0.29) is 29.9 Å². The van der Waals surface area contributed by atoms with Crippen LogP contribution in [0.4, 0.5) is 4.79 Å². The summed E-state index contributed by atoms with van der Waals surface area (Å²) in [7, 11) is 0. The van der Waals surface area contributed by atoms with Gasteiger partial charge in [0, 0.05) is 47.6 Å². The second-order valence-electron chi connectivity index (χ2n) is 13.4. The van der Waals surface area contributed by atoms with Crippen LogP contribution in [-0.2, 0) is 25.5 Å². The predicted octanol–water partition coefficient (Wildman–Crippen LogP) is 5.02. The van der Waals surface area contributed by atoms with E-state index in [4.69, 9.17) is 9.84 Å². The molecule has 2 aromatic carbocycles. The highest BCUT2D eigenvalue weighted by molar-refractivity contribution is 5.94. The Bertz CT molecular complexity index is 1610. The second-order valence-corrected chi connectivity index (χ2v) is 13.4. The number of rotatable bonds is 11. The van der Waals surface area contributed by atoms with E-state index in [1.807, 2.05) is 36.5 Å². The van der Waals surface area contributed by atoms with Gasteiger partial charge in [0.15, 0.2) is 0 Å². The summed E-state index contributed by atoms with van der Waals surface area (Å²) in [6, 6.07) is 16.1. The molecular weight excluding hydrogens is 572 g/mol. The largest absolute Gasteiger partial charge is 0.478 e. The monoisotopic (exact) mass is 614 g/mol. The van der Waals surface area contributed by atoms with Gasteiger partial charge in [0.05, 0.1) is 6.04 Å². The van der Waals surface area contributed by atoms with Gasteiger partial charge in [-0.1, -0.05) is 69.3 Å². The SMILES string of the molecule is CC(Cc1c[nH]c2ccccc12)(NC(=O)OC1CC2CCC1(C)C2(C)C)C(=O)NCC(NC(=O)/C=C/C(=O)O)c1ccccc1. The van der Waals surface area contributed by atoms with Gasteiger partial charge in [0.2, 0.25) is 11.8 Å². The summed E-state index contributed by atoms with van der Waals surface area (Å²) >= 11 is 0. The average molecular weight is 615 g/mol. The topological polar surface area (TPSA) is 150 Å². The van der Waals surface area contributed by atoms with Crippen LogP contribution in [0.1, 0.15) is 64.1 Å². The maximum atomic E-state index is 14.0. The van der Waals surface area contributed by atoms with E-state index in [2.05, 4.69) is 41.7 Å². The molecule has 10 heteroatoms. The Hall–Kier alpha value is -4.60. The fourth-order valence-corrected chi connectivity index (χ4v) is 7.23. The summed E-state index contributed by atoms with van der Waals surface area (Å²) in [4.78, 5) is 54.2. The van der Waals surface area contributed by atoms with E-state index >= 15 is 0 Å². The Balaban J connectivity index is 1.36. The van der Waals surface area contributed by atoms with Crippen molar-refractivity contribution in [2.75, 3.05) is 6.54 Å². The molecule has 2 fully saturated rings. The molecule has 2 saturated carbocycles. The van der Waals surface area contributed by atoms with Crippen molar-refractivity contribution in [2.24, 2.45) is 16.7 Å². The molecule has 238 valence electrons. The first-order chi connectivity index (χ1) is 21.3. The maximum absolute atomic E-state index is 14.0. The summed E-state index contributed by atoms with van der Waals surface area (Å²) < 4.78 is 6.08. The zero-order valence-corrected chi connectivity index (χ0v) is 26.2. The van der Waals surface area contributed by atoms with Crippen LogP contribution in [0.15, 0.2) is 72.9 Å². The van der Waals surface area contributed by atoms with Crippen molar-refractivity contribution in [3.63, 3.8) is 0 Å². The number of carbonyl (C=O) groups is 4. The zero-order chi connectivity index (χ0) is 32.4. The number of alkyl carbamates (subject to hydrolysis) is 1. The van der Waals surface area contributed by atoms with E-state index in [0.29, 0.717) is 11.5 Å². The zero-order valence-electron chi connectivity index (χ0n) is 26.2. The lowest BCUT2D eigenvalue weighted by Crippen LogP contribution is -2.59. The van der Waals surface area contributed by atoms with E-state index < -0.39 is 35.5 Å². The highest BCUT2D eigenvalue weighted by Gasteiger charge is 2.63. The van der Waals surface area contributed by atoms with Gasteiger partial charge < -0.3 is 30.8 Å². The minimum absolute atomic E-state index is 0.00767. The van der Waals surface area contributed by atoms with Crippen LogP contribution >= 0.6 is 0 Å². The minimum atomic E-state index is -1.41. The molecule has 3 aromatic rings. The number of ether oxygens (including phenoxy) is 1. The molecule has 0 spiro atoms. The third kappa shape index (κ3) is 6.45. The number of hydrogen-bond acceptors (Lipinski definition) is 5. The van der Waals surface area contributed by atoms with E-state index in [0.717, 1.165) is 47.9 Å². The number of aromatic amines is 1. The molecule has 45 heavy (non-hydrogen) atoms. The van der Waals surface area contributed by atoms with Gasteiger partial charge in [0.25, 0.3) is 0 Å². The number of carboxylic acids is 1. The molecule has 5 unspecified atom stereocenters. The standard InChI is InChI=1S/C35H42N4O6/c1-33(2)24-16-17-34(33,3)28(18-24)45-32(44)39-35(4,19-23-20-36-26-13-9-8-12-25(23)26)31(43)37-21-27(22-10-6-5-7-11-22)38-29(40)14-15-30(41)42/h5-15,20,24,27-28,36H,16-19,21H2,1-4H3,(H,37,43)(H,38,40)(H,39,44)(H,41,42)/b15-14+. The number of para-hydroxylation sites is 1. The number of fused-ring (bicyclic) bond motifs is 3. The molecule has 2 aliphatic rings. The molecule has 5 atom stereocenters. The lowest BCUT2D eigenvalue weighted by molar-refractivity contribution is -0.131. The van der Waals surface area contributed by atoms with Gasteiger partial charge in [-0.05, 0) is 54.7 Å². The Labute approximate surface area is 263 Å². The van der Waals surface area contributed by atoms with Crippen LogP contribution in [0.25, 0.3) is 10.9 Å². The number of nitrogens with one attached hydrogen (secondary N) is 4. The molecule has 1 aromatic heterocycles. The fourth-order valence-electron chi connectivity index (χ4n) is 7.23. The van der Waals surface area contributed by atoms with Gasteiger partial charge in [-0.15, -0.1) is 0 Å². The van der Waals surface area contributed by atoms with Crippen molar-refractivity contribution < 1.29 is 29.0 Å². The third-order valence-corrected chi connectivity index (χ3v) is 10.4. The number of carboxylic acid groups (broad SMARTS) is 1. The van der Waals surface area contributed by atoms with Gasteiger partial charge in [-0.3, -0.25) is 9.59 Å². The van der Waals surface area contributed by atoms with Crippen LogP contribution in [-0.4, -0.2) is 52.2 Å². The fraction of sp³-hybridized carbons (Fsp3) is 0.429. The number of hydrogen-bond donors (Lipinski definition) is 5. The van der Waals surface area contributed by atoms with Crippen molar-refractivity contribution >= 4 is 34.8 Å². The molecular formula is C35H42N4O6. The van der Waals surface area contributed by atoms with Gasteiger partial charge in [0.1, 0.15) is 11.6 Å². The number of aliphatic carboxylic acids is 1. The maximum Gasteiger partial charge on any atom is 0.408 e. The van der Waals surface area contributed by atoms with E-state index in [1.165, 1.54) is 0 Å². The van der Waals surface area contributed by atoms with Crippen LogP contribution in [0.5, 0.6) is 0 Å². The van der Waals surface area contributed by atoms with Crippen molar-refractivity contribution in [3.05, 3.63) is 84.1 Å². The third-order valence-electron chi connectivity index (χ3n) is 10.4. The molecule has 1 heterocycles. The Morgan fingerprint density at radius 3 is 2.44 bits per heavy atom. The molecule has 5 N–H and O–H groups in total. The number of benzene rings is 2. The van der Waals surface area contributed by atoms with Crippen molar-refractivity contribution in [1.29, 1.82) is 0 Å². The van der Waals surface area contributed by atoms with Crippen molar-refractivity contribution in [3.8, 4) is 0 Å². The van der Waals surface area contributed by atoms with Gasteiger partial charge in [-0.25, -0.2) is 9.59 Å². The summed E-state index contributed by atoms with van der Waals surface area (Å²) in [5.74, 6) is -1.84. The number of aromatic nitrogens is 1. The molecule has 0 saturated heterocycles. The second kappa shape index (κ2) is 12.4. The molecule has 2 aliphatic carbocycles. The van der Waals surface area contributed by atoms with Crippen molar-refractivity contribution in [1.82, 2.24) is 20.9 Å². The molecule has 0 radical (unpaired) electrons. The lowest BCUT2D eigenvalue weighted by Gasteiger charge is -2.39. The summed E-state index contributed by atoms with van der Waals surface area (Å²) in [6.07, 6.45) is 5.72. The molecule has 10 nitrogen and oxygen atoms in total. The summed E-state index contributed by atoms with van der Waals surface area (Å²) in [5.41, 5.74) is 0.983. The first kappa shape index (κ1) is 31.8. The van der Waals surface area contributed by atoms with E-state index in [1.54, 1.807) is 31.2 Å². The lowest BCUT2D eigenvalue weighted by atomic mass is 9.70. The van der Waals surface area contributed by atoms with Crippen molar-refractivity contribution in [2.45, 2.75) is 71.1 Å². The predicted molar refractivity (Wildman–Crippen MR) is 170 cm³/mol. The van der Waals surface area contributed by atoms with Crippen LogP contribution < -0.4 is 16.0 Å². The Morgan fingerprint density at radius 1 is 1.07 bits per heavy atom. The summed E-state index contributed by atoms with van der Waals surface area (Å²) in [5, 5.41) is 18.4. The van der Waals surface area contributed by atoms with Crippen LogP contribution in [0.3, 0.4) is 0 Å². The quantitative estimate of drug-likeness (QED) is 0.191. The molecule has 0 aliphatic heterocycles. The number of amides is 3. The molecule has 2 bridgehead atoms. The Morgan fingerprint density at radius 2 is 1.78 bits per heavy atom. The highest BCUT2D eigenvalue weighted by atomic mass is 16.6. The molecule has 5 rings (SSSR count). The first-order valence-electron chi connectivity index (χ1n) is 15.4. The highest BCUT2D eigenvalue weighted by Crippen LogP contribution is 2.66. The first-order valence-corrected chi connectivity index (χ1v) is 15.4. The molecule has 3 amide bonds. The minimum Gasteiger partial charge on any atom is -0.478 e. The smallest absolute Gasteiger partial charge is 0.408 e. The number of H-pyrrole nitrogens is 1. The normalized spacial score (nSPS) is 23.7. The Kier molecular flexibility index (Phi) is 8.78. The van der Waals surface area contributed by atoms with Gasteiger partial charge >= 0.3 is 12.1 Å².